The van der Waals surface area contributed by atoms with Gasteiger partial charge in [-0.05, 0) is 32.0 Å². The number of para-hydroxylation sites is 1. The monoisotopic (exact) mass is 323 g/mol. The Bertz CT molecular complexity index is 799. The maximum atomic E-state index is 10.3. The van der Waals surface area contributed by atoms with Gasteiger partial charge in [-0.15, -0.1) is 0 Å². The van der Waals surface area contributed by atoms with Crippen molar-refractivity contribution >= 4 is 0 Å². The number of benzene rings is 2. The van der Waals surface area contributed by atoms with E-state index in [9.17, 15) is 5.11 Å². The summed E-state index contributed by atoms with van der Waals surface area (Å²) in [5.41, 5.74) is 2.15. The van der Waals surface area contributed by atoms with Gasteiger partial charge in [0.15, 0.2) is 5.82 Å². The summed E-state index contributed by atoms with van der Waals surface area (Å²) >= 11 is 0. The Morgan fingerprint density at radius 2 is 1.88 bits per heavy atom. The van der Waals surface area contributed by atoms with Crippen molar-refractivity contribution in [1.29, 1.82) is 0 Å². The predicted molar refractivity (Wildman–Crippen MR) is 92.9 cm³/mol. The fraction of sp³-hybridized carbons (Fsp3) is 0.263. The van der Waals surface area contributed by atoms with Crippen LogP contribution in [0.3, 0.4) is 0 Å². The third kappa shape index (κ3) is 4.00. The van der Waals surface area contributed by atoms with Crippen LogP contribution in [-0.2, 0) is 6.54 Å². The molecule has 0 saturated carbocycles. The average Bonchev–Trinajstić information content (AvgIpc) is 2.94. The Hall–Kier alpha value is -2.66. The highest BCUT2D eigenvalue weighted by atomic mass is 16.5. The molecule has 3 aromatic rings. The maximum absolute atomic E-state index is 10.3. The van der Waals surface area contributed by atoms with E-state index < -0.39 is 6.10 Å². The molecule has 0 radical (unpaired) electrons. The molecule has 1 N–H and O–H groups in total. The topological polar surface area (TPSA) is 60.2 Å². The van der Waals surface area contributed by atoms with Gasteiger partial charge in [0.05, 0.1) is 6.54 Å². The molecule has 5 heteroatoms. The Morgan fingerprint density at radius 3 is 2.62 bits per heavy atom. The molecule has 0 aliphatic carbocycles. The van der Waals surface area contributed by atoms with Gasteiger partial charge in [0.25, 0.3) is 0 Å². The molecule has 5 nitrogen and oxygen atoms in total. The lowest BCUT2D eigenvalue weighted by Gasteiger charge is -2.14. The van der Waals surface area contributed by atoms with Crippen molar-refractivity contribution in [2.24, 2.45) is 0 Å². The molecule has 0 amide bonds. The summed E-state index contributed by atoms with van der Waals surface area (Å²) in [5.74, 6) is 2.18. The molecule has 24 heavy (non-hydrogen) atoms. The van der Waals surface area contributed by atoms with E-state index in [1.54, 1.807) is 4.68 Å². The molecule has 0 spiro atoms. The van der Waals surface area contributed by atoms with Crippen molar-refractivity contribution < 1.29 is 9.84 Å². The van der Waals surface area contributed by atoms with Gasteiger partial charge in [0.1, 0.15) is 24.3 Å². The molecule has 0 saturated heterocycles. The van der Waals surface area contributed by atoms with Crippen LogP contribution in [0, 0.1) is 13.8 Å². The van der Waals surface area contributed by atoms with Gasteiger partial charge < -0.3 is 9.84 Å². The van der Waals surface area contributed by atoms with E-state index >= 15 is 0 Å². The number of rotatable bonds is 6. The Morgan fingerprint density at radius 1 is 1.08 bits per heavy atom. The second-order valence-electron chi connectivity index (χ2n) is 5.81. The quantitative estimate of drug-likeness (QED) is 0.757. The maximum Gasteiger partial charge on any atom is 0.158 e. The second-order valence-corrected chi connectivity index (χ2v) is 5.81. The number of aromatic nitrogens is 3. The molecule has 0 fully saturated rings. The zero-order valence-electron chi connectivity index (χ0n) is 13.9. The fourth-order valence-corrected chi connectivity index (χ4v) is 2.54. The summed E-state index contributed by atoms with van der Waals surface area (Å²) in [6.45, 7) is 4.43. The molecule has 0 aliphatic heterocycles. The van der Waals surface area contributed by atoms with Gasteiger partial charge in [-0.3, -0.25) is 0 Å². The van der Waals surface area contributed by atoms with Crippen molar-refractivity contribution in [3.8, 4) is 17.1 Å². The molecular formula is C19H21N3O2. The number of hydrogen-bond acceptors (Lipinski definition) is 4. The largest absolute Gasteiger partial charge is 0.491 e. The van der Waals surface area contributed by atoms with Crippen LogP contribution in [0.1, 0.15) is 11.4 Å². The van der Waals surface area contributed by atoms with Gasteiger partial charge in [0.2, 0.25) is 0 Å². The Kier molecular flexibility index (Phi) is 4.91. The van der Waals surface area contributed by atoms with E-state index in [2.05, 4.69) is 16.1 Å². The number of aryl methyl sites for hydroxylation is 2. The molecule has 2 aromatic carbocycles. The van der Waals surface area contributed by atoms with E-state index in [0.717, 1.165) is 22.7 Å². The van der Waals surface area contributed by atoms with Crippen molar-refractivity contribution in [2.45, 2.75) is 26.5 Å². The van der Waals surface area contributed by atoms with Crippen LogP contribution in [-0.4, -0.2) is 32.6 Å². The van der Waals surface area contributed by atoms with Gasteiger partial charge in [-0.2, -0.15) is 5.10 Å². The highest BCUT2D eigenvalue weighted by Gasteiger charge is 2.14. The normalized spacial score (nSPS) is 12.1. The van der Waals surface area contributed by atoms with Crippen LogP contribution in [0.2, 0.25) is 0 Å². The minimum absolute atomic E-state index is 0.205. The van der Waals surface area contributed by atoms with Gasteiger partial charge in [-0.1, -0.05) is 42.0 Å². The zero-order valence-corrected chi connectivity index (χ0v) is 13.9. The van der Waals surface area contributed by atoms with Crippen LogP contribution in [0.4, 0.5) is 0 Å². The first-order valence-corrected chi connectivity index (χ1v) is 7.96. The summed E-state index contributed by atoms with van der Waals surface area (Å²) in [7, 11) is 0. The summed E-state index contributed by atoms with van der Waals surface area (Å²) in [6.07, 6.45) is -0.671. The number of hydrogen-bond donors (Lipinski definition) is 1. The highest BCUT2D eigenvalue weighted by molar-refractivity contribution is 5.56. The Labute approximate surface area is 141 Å². The minimum Gasteiger partial charge on any atom is -0.491 e. The van der Waals surface area contributed by atoms with E-state index in [0.29, 0.717) is 12.4 Å². The number of aliphatic hydroxyl groups is 1. The molecule has 1 aromatic heterocycles. The lowest BCUT2D eigenvalue weighted by Crippen LogP contribution is -2.24. The molecule has 1 unspecified atom stereocenters. The standard InChI is InChI=1S/C19H21N3O2/c1-14-7-6-8-16(11-14)19-20-15(2)21-22(19)12-17(23)13-24-18-9-4-3-5-10-18/h3-11,17,23H,12-13H2,1-2H3. The second kappa shape index (κ2) is 7.27. The number of aliphatic hydroxyl groups excluding tert-OH is 1. The molecule has 0 bridgehead atoms. The molecule has 124 valence electrons. The Balaban J connectivity index is 1.71. The minimum atomic E-state index is -0.671. The number of nitrogens with zero attached hydrogens (tertiary/aromatic N) is 3. The zero-order chi connectivity index (χ0) is 16.9. The van der Waals surface area contributed by atoms with Crippen molar-refractivity contribution in [3.63, 3.8) is 0 Å². The van der Waals surface area contributed by atoms with E-state index in [1.165, 1.54) is 0 Å². The lowest BCUT2D eigenvalue weighted by atomic mass is 10.1. The van der Waals surface area contributed by atoms with Crippen LogP contribution < -0.4 is 4.74 Å². The summed E-state index contributed by atoms with van der Waals surface area (Å²) in [5, 5.41) is 14.7. The highest BCUT2D eigenvalue weighted by Crippen LogP contribution is 2.19. The van der Waals surface area contributed by atoms with E-state index in [4.69, 9.17) is 4.74 Å². The van der Waals surface area contributed by atoms with Gasteiger partial charge in [-0.25, -0.2) is 9.67 Å². The van der Waals surface area contributed by atoms with Crippen LogP contribution in [0.25, 0.3) is 11.4 Å². The third-order valence-corrected chi connectivity index (χ3v) is 3.62. The van der Waals surface area contributed by atoms with Crippen molar-refractivity contribution in [1.82, 2.24) is 14.8 Å². The average molecular weight is 323 g/mol. The summed E-state index contributed by atoms with van der Waals surface area (Å²) in [4.78, 5) is 4.49. The smallest absolute Gasteiger partial charge is 0.158 e. The van der Waals surface area contributed by atoms with E-state index in [-0.39, 0.29) is 6.61 Å². The molecule has 0 aliphatic rings. The molecule has 1 heterocycles. The first-order valence-electron chi connectivity index (χ1n) is 7.96. The first-order chi connectivity index (χ1) is 11.6. The van der Waals surface area contributed by atoms with Gasteiger partial charge in [0, 0.05) is 5.56 Å². The number of ether oxygens (including phenoxy) is 1. The molecular weight excluding hydrogens is 302 g/mol. The van der Waals surface area contributed by atoms with Crippen molar-refractivity contribution in [3.05, 3.63) is 66.0 Å². The van der Waals surface area contributed by atoms with E-state index in [1.807, 2.05) is 62.4 Å². The predicted octanol–water partition coefficient (Wildman–Crippen LogP) is 3.00. The summed E-state index contributed by atoms with van der Waals surface area (Å²) in [6, 6.07) is 17.6. The lowest BCUT2D eigenvalue weighted by molar-refractivity contribution is 0.0896. The fourth-order valence-electron chi connectivity index (χ4n) is 2.54. The molecule has 3 rings (SSSR count). The van der Waals surface area contributed by atoms with Gasteiger partial charge >= 0.3 is 0 Å². The van der Waals surface area contributed by atoms with Crippen LogP contribution in [0.15, 0.2) is 54.6 Å². The summed E-state index contributed by atoms with van der Waals surface area (Å²) < 4.78 is 7.34. The SMILES string of the molecule is Cc1cccc(-c2nc(C)nn2CC(O)COc2ccccc2)c1. The third-order valence-electron chi connectivity index (χ3n) is 3.62. The van der Waals surface area contributed by atoms with Crippen LogP contribution in [0.5, 0.6) is 5.75 Å². The van der Waals surface area contributed by atoms with Crippen LogP contribution >= 0.6 is 0 Å². The molecule has 1 atom stereocenters. The first kappa shape index (κ1) is 16.2. The van der Waals surface area contributed by atoms with Crippen molar-refractivity contribution in [2.75, 3.05) is 6.61 Å².